The van der Waals surface area contributed by atoms with Gasteiger partial charge < -0.3 is 9.64 Å². The Morgan fingerprint density at radius 3 is 2.74 bits per heavy atom. The second-order valence-electron chi connectivity index (χ2n) is 9.72. The van der Waals surface area contributed by atoms with Crippen LogP contribution in [0.2, 0.25) is 0 Å². The number of allylic oxidation sites excluding steroid dienone is 4. The zero-order valence-electron chi connectivity index (χ0n) is 20.9. The summed E-state index contributed by atoms with van der Waals surface area (Å²) in [5.74, 6) is 1.64. The van der Waals surface area contributed by atoms with Gasteiger partial charge in [0.15, 0.2) is 5.82 Å². The summed E-state index contributed by atoms with van der Waals surface area (Å²) in [6, 6.07) is 0.376. The molecule has 5 heterocycles. The average Bonchev–Trinajstić information content (AvgIpc) is 3.49. The van der Waals surface area contributed by atoms with E-state index in [9.17, 15) is 0 Å². The van der Waals surface area contributed by atoms with Crippen LogP contribution in [0.1, 0.15) is 49.6 Å². The predicted octanol–water partition coefficient (Wildman–Crippen LogP) is 4.04. The molecule has 0 aliphatic carbocycles. The summed E-state index contributed by atoms with van der Waals surface area (Å²) in [5.41, 5.74) is 6.81. The topological polar surface area (TPSA) is 51.4 Å². The number of aromatic nitrogens is 4. The van der Waals surface area contributed by atoms with Crippen LogP contribution in [0.5, 0.6) is 0 Å². The van der Waals surface area contributed by atoms with Crippen molar-refractivity contribution in [1.82, 2.24) is 24.5 Å². The van der Waals surface area contributed by atoms with Gasteiger partial charge in [-0.2, -0.15) is 10.2 Å². The van der Waals surface area contributed by atoms with Crippen molar-refractivity contribution < 1.29 is 4.74 Å². The van der Waals surface area contributed by atoms with Crippen molar-refractivity contribution in [3.63, 3.8) is 0 Å². The Hall–Kier alpha value is -2.64. The molecule has 2 aromatic heterocycles. The Kier molecular flexibility index (Phi) is 6.75. The summed E-state index contributed by atoms with van der Waals surface area (Å²) >= 11 is 0. The summed E-state index contributed by atoms with van der Waals surface area (Å²) in [4.78, 5) is 5.04. The predicted molar refractivity (Wildman–Crippen MR) is 136 cm³/mol. The minimum absolute atomic E-state index is 0.376. The van der Waals surface area contributed by atoms with Crippen molar-refractivity contribution in [3.8, 4) is 0 Å². The number of nitrogens with zero attached hydrogens (tertiary/aromatic N) is 6. The first kappa shape index (κ1) is 23.1. The molecular formula is C27H38N6O. The summed E-state index contributed by atoms with van der Waals surface area (Å²) in [5, 5.41) is 9.63. The van der Waals surface area contributed by atoms with Gasteiger partial charge in [0, 0.05) is 62.2 Å². The highest BCUT2D eigenvalue weighted by Crippen LogP contribution is 2.42. The fraction of sp³-hybridized carbons (Fsp3) is 0.556. The zero-order chi connectivity index (χ0) is 23.7. The quantitative estimate of drug-likeness (QED) is 0.554. The van der Waals surface area contributed by atoms with Crippen molar-refractivity contribution in [2.75, 3.05) is 37.7 Å². The van der Waals surface area contributed by atoms with Gasteiger partial charge >= 0.3 is 0 Å². The molecule has 2 saturated heterocycles. The van der Waals surface area contributed by atoms with Gasteiger partial charge in [-0.05, 0) is 36.9 Å². The van der Waals surface area contributed by atoms with Gasteiger partial charge in [-0.3, -0.25) is 14.3 Å². The van der Waals surface area contributed by atoms with E-state index in [-0.39, 0.29) is 0 Å². The number of hydrogen-bond acceptors (Lipinski definition) is 5. The van der Waals surface area contributed by atoms with Crippen LogP contribution in [0.25, 0.3) is 0 Å². The number of anilines is 1. The van der Waals surface area contributed by atoms with Crippen molar-refractivity contribution in [2.24, 2.45) is 13.0 Å². The lowest BCUT2D eigenvalue weighted by molar-refractivity contribution is -0.0301. The number of hydrogen-bond donors (Lipinski definition) is 0. The third-order valence-corrected chi connectivity index (χ3v) is 7.53. The van der Waals surface area contributed by atoms with Crippen molar-refractivity contribution in [1.29, 1.82) is 0 Å². The molecule has 0 aromatic carbocycles. The molecule has 2 fully saturated rings. The monoisotopic (exact) mass is 462 g/mol. The maximum Gasteiger partial charge on any atom is 0.159 e. The molecule has 182 valence electrons. The van der Waals surface area contributed by atoms with E-state index >= 15 is 0 Å². The molecule has 7 heteroatoms. The highest BCUT2D eigenvalue weighted by atomic mass is 16.5. The Morgan fingerprint density at radius 2 is 2.09 bits per heavy atom. The van der Waals surface area contributed by atoms with Crippen LogP contribution in [-0.2, 0) is 31.2 Å². The van der Waals surface area contributed by atoms with Gasteiger partial charge in [0.05, 0.1) is 25.5 Å². The van der Waals surface area contributed by atoms with Gasteiger partial charge in [0.2, 0.25) is 0 Å². The number of likely N-dealkylation sites (N-methyl/N-ethyl adjacent to an activating group) is 1. The summed E-state index contributed by atoms with van der Waals surface area (Å²) in [7, 11) is 1.98. The molecule has 7 nitrogen and oxygen atoms in total. The second kappa shape index (κ2) is 9.92. The van der Waals surface area contributed by atoms with Crippen LogP contribution in [0.4, 0.5) is 5.82 Å². The molecule has 34 heavy (non-hydrogen) atoms. The van der Waals surface area contributed by atoms with Crippen LogP contribution >= 0.6 is 0 Å². The lowest BCUT2D eigenvalue weighted by Crippen LogP contribution is -2.35. The maximum absolute atomic E-state index is 5.54. The van der Waals surface area contributed by atoms with Crippen molar-refractivity contribution in [3.05, 3.63) is 65.3 Å². The largest absolute Gasteiger partial charge is 0.377 e. The smallest absolute Gasteiger partial charge is 0.159 e. The lowest BCUT2D eigenvalue weighted by atomic mass is 9.96. The fourth-order valence-corrected chi connectivity index (χ4v) is 5.47. The first-order valence-corrected chi connectivity index (χ1v) is 12.8. The van der Waals surface area contributed by atoms with Crippen molar-refractivity contribution >= 4 is 5.82 Å². The average molecular weight is 463 g/mol. The zero-order valence-corrected chi connectivity index (χ0v) is 20.9. The Morgan fingerprint density at radius 1 is 1.24 bits per heavy atom. The van der Waals surface area contributed by atoms with Gasteiger partial charge in [0.1, 0.15) is 0 Å². The van der Waals surface area contributed by atoms with Gasteiger partial charge in [0.25, 0.3) is 0 Å². The van der Waals surface area contributed by atoms with E-state index in [0.29, 0.717) is 12.0 Å². The standard InChI is InChI=1S/C27H38N6O/c1-5-8-9-25-23(11-10-20-14-28-30(4)15-20)21(6-2)16-32(25)27-24-17-31(7-3)13-12-26(24)33(29-27)22-18-34-19-22/h5,9,11,14-15,21-22H,1,6-8,10,12-13,16-19H2,2-4H3/b23-11-,25-9+. The maximum atomic E-state index is 5.54. The van der Waals surface area contributed by atoms with E-state index in [1.807, 2.05) is 24.0 Å². The molecule has 3 aliphatic rings. The first-order chi connectivity index (χ1) is 16.6. The Balaban J connectivity index is 1.54. The molecule has 1 atom stereocenters. The molecule has 0 radical (unpaired) electrons. The first-order valence-electron chi connectivity index (χ1n) is 12.8. The van der Waals surface area contributed by atoms with E-state index in [1.165, 1.54) is 28.1 Å². The van der Waals surface area contributed by atoms with E-state index in [0.717, 1.165) is 70.9 Å². The van der Waals surface area contributed by atoms with Crippen LogP contribution in [0.15, 0.2) is 48.5 Å². The number of rotatable bonds is 8. The molecule has 0 bridgehead atoms. The third-order valence-electron chi connectivity index (χ3n) is 7.53. The molecule has 0 amide bonds. The van der Waals surface area contributed by atoms with E-state index in [1.54, 1.807) is 0 Å². The van der Waals surface area contributed by atoms with Gasteiger partial charge in [-0.25, -0.2) is 0 Å². The van der Waals surface area contributed by atoms with Crippen molar-refractivity contribution in [2.45, 2.75) is 52.1 Å². The van der Waals surface area contributed by atoms with E-state index < -0.39 is 0 Å². The molecule has 0 saturated carbocycles. The highest BCUT2D eigenvalue weighted by molar-refractivity contribution is 5.63. The summed E-state index contributed by atoms with van der Waals surface area (Å²) in [6.45, 7) is 14.2. The Bertz CT molecular complexity index is 1090. The summed E-state index contributed by atoms with van der Waals surface area (Å²) in [6.07, 6.45) is 14.8. The number of fused-ring (bicyclic) bond motifs is 1. The normalized spacial score (nSPS) is 23.6. The Labute approximate surface area is 203 Å². The van der Waals surface area contributed by atoms with E-state index in [4.69, 9.17) is 9.84 Å². The fourth-order valence-electron chi connectivity index (χ4n) is 5.47. The molecule has 0 N–H and O–H groups in total. The molecular weight excluding hydrogens is 424 g/mol. The van der Waals surface area contributed by atoms with Gasteiger partial charge in [-0.15, -0.1) is 6.58 Å². The lowest BCUT2D eigenvalue weighted by Gasteiger charge is -2.31. The van der Waals surface area contributed by atoms with E-state index in [2.05, 4.69) is 58.4 Å². The third kappa shape index (κ3) is 4.27. The number of aryl methyl sites for hydroxylation is 1. The van der Waals surface area contributed by atoms with Crippen LogP contribution < -0.4 is 4.90 Å². The molecule has 3 aliphatic heterocycles. The molecule has 2 aromatic rings. The highest BCUT2D eigenvalue weighted by Gasteiger charge is 2.37. The van der Waals surface area contributed by atoms with Crippen LogP contribution in [0.3, 0.4) is 0 Å². The number of ether oxygens (including phenoxy) is 1. The summed E-state index contributed by atoms with van der Waals surface area (Å²) < 4.78 is 9.71. The van der Waals surface area contributed by atoms with Crippen LogP contribution in [0, 0.1) is 5.92 Å². The minimum atomic E-state index is 0.376. The van der Waals surface area contributed by atoms with Crippen LogP contribution in [-0.4, -0.2) is 57.3 Å². The minimum Gasteiger partial charge on any atom is -0.377 e. The van der Waals surface area contributed by atoms with Gasteiger partial charge in [-0.1, -0.05) is 32.1 Å². The molecule has 5 rings (SSSR count). The second-order valence-corrected chi connectivity index (χ2v) is 9.72. The molecule has 0 spiro atoms. The SMILES string of the molecule is C=CC/C=C1\C(=C/Cc2cnn(C)c2)C(CC)CN1c1nn(C2COC2)c2c1CN(CC)CC2. The molecule has 1 unspecified atom stereocenters.